The first kappa shape index (κ1) is 15.0. The van der Waals surface area contributed by atoms with Gasteiger partial charge in [-0.05, 0) is 25.5 Å². The number of rotatable bonds is 7. The zero-order valence-corrected chi connectivity index (χ0v) is 11.4. The molecule has 0 saturated heterocycles. The molecule has 0 aliphatic rings. The highest BCUT2D eigenvalue weighted by Crippen LogP contribution is 2.30. The molecule has 1 N–H and O–H groups in total. The molecule has 0 radical (unpaired) electrons. The standard InChI is InChI=1S/C14H19NO4/c1-4-8-15-14(17)10(2)19-13-11(9-16)6-5-7-12(13)18-3/h5-7,9-10H,4,8H2,1-3H3,(H,15,17). The number of hydrogen-bond acceptors (Lipinski definition) is 4. The summed E-state index contributed by atoms with van der Waals surface area (Å²) in [7, 11) is 1.48. The molecule has 1 atom stereocenters. The van der Waals surface area contributed by atoms with Crippen LogP contribution < -0.4 is 14.8 Å². The smallest absolute Gasteiger partial charge is 0.260 e. The molecule has 1 unspecified atom stereocenters. The molecule has 1 aromatic carbocycles. The van der Waals surface area contributed by atoms with Gasteiger partial charge in [0.05, 0.1) is 12.7 Å². The Kier molecular flexibility index (Phi) is 5.85. The average molecular weight is 265 g/mol. The predicted molar refractivity (Wildman–Crippen MR) is 71.8 cm³/mol. The fourth-order valence-electron chi connectivity index (χ4n) is 1.53. The summed E-state index contributed by atoms with van der Waals surface area (Å²) in [6.45, 7) is 4.20. The number of hydrogen-bond donors (Lipinski definition) is 1. The van der Waals surface area contributed by atoms with Gasteiger partial charge in [-0.2, -0.15) is 0 Å². The molecule has 5 nitrogen and oxygen atoms in total. The van der Waals surface area contributed by atoms with Crippen LogP contribution in [0.25, 0.3) is 0 Å². The van der Waals surface area contributed by atoms with Gasteiger partial charge in [0, 0.05) is 6.54 Å². The van der Waals surface area contributed by atoms with E-state index in [1.807, 2.05) is 6.92 Å². The zero-order valence-electron chi connectivity index (χ0n) is 11.4. The first-order valence-electron chi connectivity index (χ1n) is 6.20. The quantitative estimate of drug-likeness (QED) is 0.763. The summed E-state index contributed by atoms with van der Waals surface area (Å²) in [5, 5.41) is 2.73. The van der Waals surface area contributed by atoms with Crippen molar-refractivity contribution in [1.29, 1.82) is 0 Å². The van der Waals surface area contributed by atoms with Crippen LogP contribution in [-0.4, -0.2) is 32.0 Å². The van der Waals surface area contributed by atoms with Crippen LogP contribution in [0.5, 0.6) is 11.5 Å². The molecule has 0 spiro atoms. The molecule has 0 bridgehead atoms. The van der Waals surface area contributed by atoms with Crippen molar-refractivity contribution < 1.29 is 19.1 Å². The average Bonchev–Trinajstić information content (AvgIpc) is 2.44. The number of nitrogens with one attached hydrogen (secondary N) is 1. The van der Waals surface area contributed by atoms with E-state index in [1.54, 1.807) is 25.1 Å². The fraction of sp³-hybridized carbons (Fsp3) is 0.429. The molecule has 104 valence electrons. The third-order valence-corrected chi connectivity index (χ3v) is 2.57. The van der Waals surface area contributed by atoms with E-state index in [0.717, 1.165) is 6.42 Å². The molecule has 19 heavy (non-hydrogen) atoms. The van der Waals surface area contributed by atoms with E-state index < -0.39 is 6.10 Å². The van der Waals surface area contributed by atoms with Gasteiger partial charge in [0.1, 0.15) is 0 Å². The van der Waals surface area contributed by atoms with Gasteiger partial charge in [0.15, 0.2) is 23.9 Å². The summed E-state index contributed by atoms with van der Waals surface area (Å²) in [6.07, 6.45) is 0.836. The van der Waals surface area contributed by atoms with E-state index >= 15 is 0 Å². The summed E-state index contributed by atoms with van der Waals surface area (Å²) >= 11 is 0. The molecule has 0 aliphatic heterocycles. The van der Waals surface area contributed by atoms with Crippen molar-refractivity contribution in [2.24, 2.45) is 0 Å². The van der Waals surface area contributed by atoms with E-state index in [9.17, 15) is 9.59 Å². The molecular formula is C14H19NO4. The lowest BCUT2D eigenvalue weighted by molar-refractivity contribution is -0.127. The summed E-state index contributed by atoms with van der Waals surface area (Å²) in [6, 6.07) is 4.98. The Morgan fingerprint density at radius 2 is 2.21 bits per heavy atom. The third kappa shape index (κ3) is 3.98. The molecule has 5 heteroatoms. The van der Waals surface area contributed by atoms with Gasteiger partial charge < -0.3 is 14.8 Å². The Hall–Kier alpha value is -2.04. The first-order chi connectivity index (χ1) is 9.13. The molecule has 1 aromatic rings. The van der Waals surface area contributed by atoms with Gasteiger partial charge in [-0.1, -0.05) is 13.0 Å². The Morgan fingerprint density at radius 1 is 1.47 bits per heavy atom. The van der Waals surface area contributed by atoms with E-state index in [2.05, 4.69) is 5.32 Å². The minimum atomic E-state index is -0.693. The lowest BCUT2D eigenvalue weighted by atomic mass is 10.2. The molecule has 0 fully saturated rings. The maximum atomic E-state index is 11.7. The van der Waals surface area contributed by atoms with Gasteiger partial charge in [0.2, 0.25) is 0 Å². The Morgan fingerprint density at radius 3 is 2.79 bits per heavy atom. The highest BCUT2D eigenvalue weighted by atomic mass is 16.5. The first-order valence-corrected chi connectivity index (χ1v) is 6.20. The highest BCUT2D eigenvalue weighted by molar-refractivity contribution is 5.83. The van der Waals surface area contributed by atoms with Crippen molar-refractivity contribution in [3.63, 3.8) is 0 Å². The van der Waals surface area contributed by atoms with Crippen molar-refractivity contribution in [2.45, 2.75) is 26.4 Å². The SMILES string of the molecule is CCCNC(=O)C(C)Oc1c(C=O)cccc1OC. The van der Waals surface area contributed by atoms with E-state index in [4.69, 9.17) is 9.47 Å². The highest BCUT2D eigenvalue weighted by Gasteiger charge is 2.18. The fourth-order valence-corrected chi connectivity index (χ4v) is 1.53. The Bertz CT molecular complexity index is 445. The summed E-state index contributed by atoms with van der Waals surface area (Å²) in [5.74, 6) is 0.503. The number of ether oxygens (including phenoxy) is 2. The van der Waals surface area contributed by atoms with Crippen LogP contribution in [0.2, 0.25) is 0 Å². The second kappa shape index (κ2) is 7.41. The third-order valence-electron chi connectivity index (χ3n) is 2.57. The normalized spacial score (nSPS) is 11.5. The van der Waals surface area contributed by atoms with Gasteiger partial charge in [-0.15, -0.1) is 0 Å². The van der Waals surface area contributed by atoms with Crippen LogP contribution in [0.1, 0.15) is 30.6 Å². The number of benzene rings is 1. The van der Waals surface area contributed by atoms with Gasteiger partial charge >= 0.3 is 0 Å². The van der Waals surface area contributed by atoms with Crippen molar-refractivity contribution >= 4 is 12.2 Å². The predicted octanol–water partition coefficient (Wildman–Crippen LogP) is 1.80. The number of methoxy groups -OCH3 is 1. The lowest BCUT2D eigenvalue weighted by Gasteiger charge is -2.17. The monoisotopic (exact) mass is 265 g/mol. The van der Waals surface area contributed by atoms with Gasteiger partial charge in [-0.25, -0.2) is 0 Å². The van der Waals surface area contributed by atoms with Crippen molar-refractivity contribution in [3.05, 3.63) is 23.8 Å². The summed E-state index contributed by atoms with van der Waals surface area (Å²) in [4.78, 5) is 22.7. The maximum Gasteiger partial charge on any atom is 0.260 e. The molecule has 0 saturated carbocycles. The van der Waals surface area contributed by atoms with Crippen molar-refractivity contribution in [3.8, 4) is 11.5 Å². The number of carbonyl (C=O) groups is 2. The molecule has 0 aromatic heterocycles. The summed E-state index contributed by atoms with van der Waals surface area (Å²) in [5.41, 5.74) is 0.356. The van der Waals surface area contributed by atoms with Crippen LogP contribution >= 0.6 is 0 Å². The van der Waals surface area contributed by atoms with Crippen LogP contribution in [0, 0.1) is 0 Å². The molecule has 0 aliphatic carbocycles. The van der Waals surface area contributed by atoms with Crippen molar-refractivity contribution in [1.82, 2.24) is 5.32 Å². The second-order valence-corrected chi connectivity index (χ2v) is 4.05. The van der Waals surface area contributed by atoms with E-state index in [-0.39, 0.29) is 5.91 Å². The minimum Gasteiger partial charge on any atom is -0.493 e. The van der Waals surface area contributed by atoms with Crippen LogP contribution in [0.15, 0.2) is 18.2 Å². The van der Waals surface area contributed by atoms with E-state index in [1.165, 1.54) is 7.11 Å². The van der Waals surface area contributed by atoms with E-state index in [0.29, 0.717) is 29.9 Å². The number of aldehydes is 1. The molecular weight excluding hydrogens is 246 g/mol. The minimum absolute atomic E-state index is 0.218. The Balaban J connectivity index is 2.85. The van der Waals surface area contributed by atoms with Crippen LogP contribution in [0.4, 0.5) is 0 Å². The number of para-hydroxylation sites is 1. The zero-order chi connectivity index (χ0) is 14.3. The number of carbonyl (C=O) groups excluding carboxylic acids is 2. The molecule has 0 heterocycles. The second-order valence-electron chi connectivity index (χ2n) is 4.05. The molecule has 1 rings (SSSR count). The number of amides is 1. The molecule has 1 amide bonds. The topological polar surface area (TPSA) is 64.6 Å². The van der Waals surface area contributed by atoms with Gasteiger partial charge in [0.25, 0.3) is 5.91 Å². The van der Waals surface area contributed by atoms with Crippen LogP contribution in [0.3, 0.4) is 0 Å². The largest absolute Gasteiger partial charge is 0.493 e. The van der Waals surface area contributed by atoms with Gasteiger partial charge in [-0.3, -0.25) is 9.59 Å². The van der Waals surface area contributed by atoms with Crippen molar-refractivity contribution in [2.75, 3.05) is 13.7 Å². The summed E-state index contributed by atoms with van der Waals surface area (Å²) < 4.78 is 10.7. The lowest BCUT2D eigenvalue weighted by Crippen LogP contribution is -2.36. The maximum absolute atomic E-state index is 11.7. The Labute approximate surface area is 112 Å². The van der Waals surface area contributed by atoms with Crippen LogP contribution in [-0.2, 0) is 4.79 Å².